The van der Waals surface area contributed by atoms with Gasteiger partial charge in [-0.25, -0.2) is 4.90 Å². The van der Waals surface area contributed by atoms with Gasteiger partial charge in [0.2, 0.25) is 0 Å². The summed E-state index contributed by atoms with van der Waals surface area (Å²) < 4.78 is 39.0. The van der Waals surface area contributed by atoms with Gasteiger partial charge in [0, 0.05) is 0 Å². The number of hydrogen-bond donors (Lipinski definition) is 0. The molecule has 0 atom stereocenters. The molecule has 2 aromatic carbocycles. The Balaban J connectivity index is 2.22. The van der Waals surface area contributed by atoms with Crippen LogP contribution in [0, 0.1) is 0 Å². The molecule has 0 aromatic heterocycles. The van der Waals surface area contributed by atoms with E-state index in [1.54, 1.807) is 12.1 Å². The summed E-state index contributed by atoms with van der Waals surface area (Å²) in [6, 6.07) is 7.56. The van der Waals surface area contributed by atoms with Crippen molar-refractivity contribution in [2.24, 2.45) is 0 Å². The lowest BCUT2D eigenvalue weighted by Crippen LogP contribution is -2.30. The summed E-state index contributed by atoms with van der Waals surface area (Å²) in [6.45, 7) is 0. The molecular formula is C15H6Cl2F3NO2. The summed E-state index contributed by atoms with van der Waals surface area (Å²) >= 11 is 11.7. The minimum atomic E-state index is -4.74. The largest absolute Gasteiger partial charge is 0.417 e. The van der Waals surface area contributed by atoms with Crippen LogP contribution in [0.2, 0.25) is 10.0 Å². The average Bonchev–Trinajstić information content (AvgIpc) is 2.72. The predicted molar refractivity (Wildman–Crippen MR) is 79.0 cm³/mol. The molecule has 118 valence electrons. The van der Waals surface area contributed by atoms with Crippen molar-refractivity contribution in [3.63, 3.8) is 0 Å². The van der Waals surface area contributed by atoms with E-state index < -0.39 is 34.3 Å². The van der Waals surface area contributed by atoms with Crippen molar-refractivity contribution in [3.05, 3.63) is 63.1 Å². The molecule has 23 heavy (non-hydrogen) atoms. The number of imide groups is 1. The molecule has 2 amide bonds. The van der Waals surface area contributed by atoms with E-state index in [1.165, 1.54) is 12.1 Å². The van der Waals surface area contributed by atoms with Crippen LogP contribution in [0.1, 0.15) is 26.3 Å². The lowest BCUT2D eigenvalue weighted by molar-refractivity contribution is -0.137. The van der Waals surface area contributed by atoms with Crippen molar-refractivity contribution in [2.75, 3.05) is 4.90 Å². The molecule has 0 spiro atoms. The van der Waals surface area contributed by atoms with E-state index in [4.69, 9.17) is 23.2 Å². The first-order valence-electron chi connectivity index (χ1n) is 6.26. The first-order valence-corrected chi connectivity index (χ1v) is 7.02. The van der Waals surface area contributed by atoms with Crippen molar-refractivity contribution >= 4 is 40.7 Å². The van der Waals surface area contributed by atoms with Crippen molar-refractivity contribution in [1.82, 2.24) is 0 Å². The molecule has 0 radical (unpaired) electrons. The van der Waals surface area contributed by atoms with Gasteiger partial charge >= 0.3 is 6.18 Å². The van der Waals surface area contributed by atoms with Crippen LogP contribution in [0.15, 0.2) is 36.4 Å². The molecule has 8 heteroatoms. The molecule has 0 unspecified atom stereocenters. The van der Waals surface area contributed by atoms with Crippen molar-refractivity contribution in [2.45, 2.75) is 6.18 Å². The van der Waals surface area contributed by atoms with Gasteiger partial charge < -0.3 is 0 Å². The summed E-state index contributed by atoms with van der Waals surface area (Å²) in [4.78, 5) is 25.3. The molecule has 1 aliphatic heterocycles. The van der Waals surface area contributed by atoms with E-state index >= 15 is 0 Å². The number of halogens is 5. The Morgan fingerprint density at radius 3 is 1.87 bits per heavy atom. The molecule has 0 N–H and O–H groups in total. The Kier molecular flexibility index (Phi) is 3.61. The van der Waals surface area contributed by atoms with E-state index in [1.807, 2.05) is 0 Å². The van der Waals surface area contributed by atoms with E-state index in [0.29, 0.717) is 11.0 Å². The zero-order valence-corrected chi connectivity index (χ0v) is 12.6. The van der Waals surface area contributed by atoms with Gasteiger partial charge in [0.25, 0.3) is 11.8 Å². The van der Waals surface area contributed by atoms with Gasteiger partial charge in [-0.05, 0) is 24.3 Å². The first-order chi connectivity index (χ1) is 10.7. The Bertz CT molecular complexity index is 814. The van der Waals surface area contributed by atoms with Gasteiger partial charge in [0.15, 0.2) is 0 Å². The number of carbonyl (C=O) groups excluding carboxylic acids is 2. The second-order valence-electron chi connectivity index (χ2n) is 4.75. The van der Waals surface area contributed by atoms with Crippen molar-refractivity contribution in [3.8, 4) is 0 Å². The minimum Gasteiger partial charge on any atom is -0.268 e. The van der Waals surface area contributed by atoms with Crippen LogP contribution in [0.3, 0.4) is 0 Å². The lowest BCUT2D eigenvalue weighted by Gasteiger charge is -2.20. The van der Waals surface area contributed by atoms with Crippen LogP contribution >= 0.6 is 23.2 Å². The van der Waals surface area contributed by atoms with Crippen LogP contribution in [-0.4, -0.2) is 11.8 Å². The van der Waals surface area contributed by atoms with Crippen LogP contribution in [0.25, 0.3) is 0 Å². The number of alkyl halides is 3. The van der Waals surface area contributed by atoms with Crippen LogP contribution < -0.4 is 4.90 Å². The smallest absolute Gasteiger partial charge is 0.268 e. The Hall–Kier alpha value is -2.05. The fourth-order valence-corrected chi connectivity index (χ4v) is 3.00. The quantitative estimate of drug-likeness (QED) is 0.685. The highest BCUT2D eigenvalue weighted by Gasteiger charge is 2.41. The normalized spacial score (nSPS) is 14.4. The second kappa shape index (κ2) is 5.25. The van der Waals surface area contributed by atoms with Crippen LogP contribution in [0.4, 0.5) is 18.9 Å². The van der Waals surface area contributed by atoms with Crippen molar-refractivity contribution in [1.29, 1.82) is 0 Å². The zero-order valence-electron chi connectivity index (χ0n) is 11.1. The number of nitrogens with zero attached hydrogens (tertiary/aromatic N) is 1. The molecule has 0 bridgehead atoms. The van der Waals surface area contributed by atoms with E-state index in [2.05, 4.69) is 0 Å². The maximum absolute atomic E-state index is 13.0. The van der Waals surface area contributed by atoms with Gasteiger partial charge in [-0.1, -0.05) is 35.3 Å². The SMILES string of the molecule is O=C1c2ccccc2C(=O)N1c1c(Cl)ccc(C(F)(F)F)c1Cl. The lowest BCUT2D eigenvalue weighted by atomic mass is 10.1. The van der Waals surface area contributed by atoms with Gasteiger partial charge in [-0.3, -0.25) is 9.59 Å². The monoisotopic (exact) mass is 359 g/mol. The van der Waals surface area contributed by atoms with E-state index in [-0.39, 0.29) is 16.1 Å². The molecule has 1 aliphatic rings. The fraction of sp³-hybridized carbons (Fsp3) is 0.0667. The highest BCUT2D eigenvalue weighted by molar-refractivity contribution is 6.45. The third kappa shape index (κ3) is 2.38. The number of carbonyl (C=O) groups is 2. The molecule has 3 nitrogen and oxygen atoms in total. The summed E-state index contributed by atoms with van der Waals surface area (Å²) in [5.41, 5.74) is -1.46. The average molecular weight is 360 g/mol. The van der Waals surface area contributed by atoms with Gasteiger partial charge in [-0.15, -0.1) is 0 Å². The molecule has 0 fully saturated rings. The number of amides is 2. The molecule has 3 rings (SSSR count). The molecular weight excluding hydrogens is 354 g/mol. The molecule has 0 saturated heterocycles. The molecule has 0 saturated carbocycles. The zero-order chi connectivity index (χ0) is 16.9. The number of hydrogen-bond acceptors (Lipinski definition) is 2. The number of rotatable bonds is 1. The first kappa shape index (κ1) is 15.8. The van der Waals surface area contributed by atoms with E-state index in [0.717, 1.165) is 6.07 Å². The number of benzene rings is 2. The topological polar surface area (TPSA) is 37.4 Å². The van der Waals surface area contributed by atoms with Gasteiger partial charge in [0.05, 0.1) is 32.4 Å². The summed E-state index contributed by atoms with van der Waals surface area (Å²) in [5, 5.41) is -1.02. The molecule has 0 aliphatic carbocycles. The standard InChI is InChI=1S/C15H6Cl2F3NO2/c16-10-6-5-9(15(18,19)20)11(17)12(10)21-13(22)7-3-1-2-4-8(7)14(21)23/h1-6H. The Morgan fingerprint density at radius 2 is 1.39 bits per heavy atom. The Labute approximate surface area is 138 Å². The summed E-state index contributed by atoms with van der Waals surface area (Å²) in [5.74, 6) is -1.54. The third-order valence-corrected chi connectivity index (χ3v) is 4.08. The highest BCUT2D eigenvalue weighted by atomic mass is 35.5. The summed E-state index contributed by atoms with van der Waals surface area (Å²) in [6.07, 6.45) is -4.74. The van der Waals surface area contributed by atoms with Gasteiger partial charge in [-0.2, -0.15) is 13.2 Å². The third-order valence-electron chi connectivity index (χ3n) is 3.39. The van der Waals surface area contributed by atoms with E-state index in [9.17, 15) is 22.8 Å². The highest BCUT2D eigenvalue weighted by Crippen LogP contribution is 2.45. The minimum absolute atomic E-state index is 0.0852. The maximum atomic E-state index is 13.0. The molecule has 2 aromatic rings. The van der Waals surface area contributed by atoms with Gasteiger partial charge in [0.1, 0.15) is 0 Å². The summed E-state index contributed by atoms with van der Waals surface area (Å²) in [7, 11) is 0. The Morgan fingerprint density at radius 1 is 0.870 bits per heavy atom. The number of anilines is 1. The van der Waals surface area contributed by atoms with Crippen LogP contribution in [-0.2, 0) is 6.18 Å². The maximum Gasteiger partial charge on any atom is 0.417 e. The van der Waals surface area contributed by atoms with Crippen molar-refractivity contribution < 1.29 is 22.8 Å². The number of fused-ring (bicyclic) bond motifs is 1. The second-order valence-corrected chi connectivity index (χ2v) is 5.53. The fourth-order valence-electron chi connectivity index (χ4n) is 2.36. The predicted octanol–water partition coefficient (Wildman–Crippen LogP) is 4.81. The molecule has 1 heterocycles. The van der Waals surface area contributed by atoms with Crippen LogP contribution in [0.5, 0.6) is 0 Å².